The van der Waals surface area contributed by atoms with Crippen molar-refractivity contribution in [2.75, 3.05) is 19.7 Å². The second kappa shape index (κ2) is 6.95. The first-order chi connectivity index (χ1) is 9.16. The minimum absolute atomic E-state index is 0.760. The van der Waals surface area contributed by atoms with Gasteiger partial charge in [0.1, 0.15) is 12.4 Å². The molecule has 0 aliphatic heterocycles. The minimum Gasteiger partial charge on any atom is -0.492 e. The van der Waals surface area contributed by atoms with Gasteiger partial charge in [0.15, 0.2) is 0 Å². The molecular formula is C17H27NO. The molecule has 0 radical (unpaired) electrons. The molecule has 1 N–H and O–H groups in total. The topological polar surface area (TPSA) is 21.3 Å². The first-order valence-corrected chi connectivity index (χ1v) is 7.58. The summed E-state index contributed by atoms with van der Waals surface area (Å²) >= 11 is 0. The molecule has 1 aromatic carbocycles. The normalized spacial score (nSPS) is 15.9. The van der Waals surface area contributed by atoms with Crippen LogP contribution >= 0.6 is 0 Å². The molecule has 1 aliphatic carbocycles. The predicted octanol–water partition coefficient (Wildman–Crippen LogP) is 3.77. The molecule has 0 bridgehead atoms. The number of aryl methyl sites for hydroxylation is 2. The Labute approximate surface area is 117 Å². The molecule has 19 heavy (non-hydrogen) atoms. The SMILES string of the molecule is Cc1cc(C)c(C)c(OCCNCC2CCCC2)c1. The van der Waals surface area contributed by atoms with Gasteiger partial charge in [0, 0.05) is 6.54 Å². The second-order valence-electron chi connectivity index (χ2n) is 5.91. The van der Waals surface area contributed by atoms with Crippen LogP contribution in [0.1, 0.15) is 42.4 Å². The standard InChI is InChI=1S/C17H27NO/c1-13-10-14(2)15(3)17(11-13)19-9-8-18-12-16-6-4-5-7-16/h10-11,16,18H,4-9,12H2,1-3H3. The molecule has 2 nitrogen and oxygen atoms in total. The molecule has 2 rings (SSSR count). The summed E-state index contributed by atoms with van der Waals surface area (Å²) in [5.74, 6) is 1.95. The lowest BCUT2D eigenvalue weighted by Gasteiger charge is -2.14. The number of hydrogen-bond donors (Lipinski definition) is 1. The highest BCUT2D eigenvalue weighted by molar-refractivity contribution is 5.41. The Morgan fingerprint density at radius 1 is 1.16 bits per heavy atom. The predicted molar refractivity (Wildman–Crippen MR) is 81.0 cm³/mol. The van der Waals surface area contributed by atoms with Gasteiger partial charge in [0.2, 0.25) is 0 Å². The summed E-state index contributed by atoms with van der Waals surface area (Å²) in [5.41, 5.74) is 3.85. The molecule has 1 aromatic rings. The number of hydrogen-bond acceptors (Lipinski definition) is 2. The fraction of sp³-hybridized carbons (Fsp3) is 0.647. The van der Waals surface area contributed by atoms with Gasteiger partial charge < -0.3 is 10.1 Å². The van der Waals surface area contributed by atoms with Gasteiger partial charge in [0.05, 0.1) is 0 Å². The highest BCUT2D eigenvalue weighted by atomic mass is 16.5. The van der Waals surface area contributed by atoms with Crippen LogP contribution in [0.3, 0.4) is 0 Å². The third-order valence-electron chi connectivity index (χ3n) is 4.21. The quantitative estimate of drug-likeness (QED) is 0.787. The molecule has 0 spiro atoms. The number of nitrogens with one attached hydrogen (secondary N) is 1. The summed E-state index contributed by atoms with van der Waals surface area (Å²) in [7, 11) is 0. The molecule has 0 aromatic heterocycles. The summed E-state index contributed by atoms with van der Waals surface area (Å²) in [4.78, 5) is 0. The Bertz CT molecular complexity index is 408. The van der Waals surface area contributed by atoms with Crippen LogP contribution in [-0.4, -0.2) is 19.7 Å². The van der Waals surface area contributed by atoms with E-state index in [4.69, 9.17) is 4.74 Å². The van der Waals surface area contributed by atoms with Gasteiger partial charge in [-0.2, -0.15) is 0 Å². The summed E-state index contributed by atoms with van der Waals surface area (Å²) in [6, 6.07) is 4.35. The summed E-state index contributed by atoms with van der Waals surface area (Å²) in [5, 5.41) is 3.52. The van der Waals surface area contributed by atoms with Crippen molar-refractivity contribution in [1.29, 1.82) is 0 Å². The minimum atomic E-state index is 0.760. The summed E-state index contributed by atoms with van der Waals surface area (Å²) in [6.07, 6.45) is 5.66. The molecule has 0 heterocycles. The molecule has 0 atom stereocenters. The van der Waals surface area contributed by atoms with E-state index in [-0.39, 0.29) is 0 Å². The highest BCUT2D eigenvalue weighted by Crippen LogP contribution is 2.24. The average molecular weight is 261 g/mol. The van der Waals surface area contributed by atoms with Crippen molar-refractivity contribution in [1.82, 2.24) is 5.32 Å². The maximum atomic E-state index is 5.90. The van der Waals surface area contributed by atoms with Crippen LogP contribution < -0.4 is 10.1 Å². The van der Waals surface area contributed by atoms with Crippen molar-refractivity contribution in [2.45, 2.75) is 46.5 Å². The van der Waals surface area contributed by atoms with E-state index in [1.807, 2.05) is 0 Å². The number of ether oxygens (including phenoxy) is 1. The zero-order valence-electron chi connectivity index (χ0n) is 12.6. The van der Waals surface area contributed by atoms with Crippen LogP contribution in [0.5, 0.6) is 5.75 Å². The molecule has 106 valence electrons. The molecule has 2 heteroatoms. The van der Waals surface area contributed by atoms with E-state index < -0.39 is 0 Å². The number of rotatable bonds is 6. The molecule has 1 saturated carbocycles. The third kappa shape index (κ3) is 4.24. The van der Waals surface area contributed by atoms with Crippen LogP contribution in [0.4, 0.5) is 0 Å². The highest BCUT2D eigenvalue weighted by Gasteiger charge is 2.13. The van der Waals surface area contributed by atoms with E-state index in [9.17, 15) is 0 Å². The molecule has 1 aliphatic rings. The molecule has 0 unspecified atom stereocenters. The molecule has 0 amide bonds. The van der Waals surface area contributed by atoms with Crippen LogP contribution in [0, 0.1) is 26.7 Å². The largest absolute Gasteiger partial charge is 0.492 e. The van der Waals surface area contributed by atoms with E-state index >= 15 is 0 Å². The third-order valence-corrected chi connectivity index (χ3v) is 4.21. The Morgan fingerprint density at radius 2 is 1.89 bits per heavy atom. The van der Waals surface area contributed by atoms with Gasteiger partial charge in [-0.15, -0.1) is 0 Å². The first kappa shape index (κ1) is 14.4. The van der Waals surface area contributed by atoms with Gasteiger partial charge >= 0.3 is 0 Å². The van der Waals surface area contributed by atoms with E-state index in [1.165, 1.54) is 42.4 Å². The molecule has 0 saturated heterocycles. The Balaban J connectivity index is 1.70. The zero-order valence-corrected chi connectivity index (χ0v) is 12.6. The van der Waals surface area contributed by atoms with E-state index in [1.54, 1.807) is 0 Å². The van der Waals surface area contributed by atoms with Crippen molar-refractivity contribution >= 4 is 0 Å². The monoisotopic (exact) mass is 261 g/mol. The maximum absolute atomic E-state index is 5.90. The van der Waals surface area contributed by atoms with Gasteiger partial charge in [-0.25, -0.2) is 0 Å². The lowest BCUT2D eigenvalue weighted by atomic mass is 10.1. The van der Waals surface area contributed by atoms with Gasteiger partial charge in [-0.05, 0) is 68.8 Å². The summed E-state index contributed by atoms with van der Waals surface area (Å²) < 4.78 is 5.90. The first-order valence-electron chi connectivity index (χ1n) is 7.58. The fourth-order valence-electron chi connectivity index (χ4n) is 2.90. The molecule has 1 fully saturated rings. The van der Waals surface area contributed by atoms with Crippen LogP contribution in [0.25, 0.3) is 0 Å². The van der Waals surface area contributed by atoms with Crippen LogP contribution in [-0.2, 0) is 0 Å². The van der Waals surface area contributed by atoms with Gasteiger partial charge in [0.25, 0.3) is 0 Å². The van der Waals surface area contributed by atoms with Crippen molar-refractivity contribution < 1.29 is 4.74 Å². The van der Waals surface area contributed by atoms with Gasteiger partial charge in [-0.3, -0.25) is 0 Å². The summed E-state index contributed by atoms with van der Waals surface area (Å²) in [6.45, 7) is 9.27. The Morgan fingerprint density at radius 3 is 2.63 bits per heavy atom. The molecular weight excluding hydrogens is 234 g/mol. The van der Waals surface area contributed by atoms with Crippen molar-refractivity contribution in [3.8, 4) is 5.75 Å². The second-order valence-corrected chi connectivity index (χ2v) is 5.91. The maximum Gasteiger partial charge on any atom is 0.122 e. The van der Waals surface area contributed by atoms with E-state index in [0.717, 1.165) is 31.4 Å². The van der Waals surface area contributed by atoms with Crippen LogP contribution in [0.2, 0.25) is 0 Å². The zero-order chi connectivity index (χ0) is 13.7. The van der Waals surface area contributed by atoms with E-state index in [0.29, 0.717) is 0 Å². The lowest BCUT2D eigenvalue weighted by Crippen LogP contribution is -2.26. The lowest BCUT2D eigenvalue weighted by molar-refractivity contribution is 0.306. The fourth-order valence-corrected chi connectivity index (χ4v) is 2.90. The van der Waals surface area contributed by atoms with Gasteiger partial charge in [-0.1, -0.05) is 18.9 Å². The number of benzene rings is 1. The van der Waals surface area contributed by atoms with Crippen LogP contribution in [0.15, 0.2) is 12.1 Å². The van der Waals surface area contributed by atoms with Crippen molar-refractivity contribution in [3.05, 3.63) is 28.8 Å². The smallest absolute Gasteiger partial charge is 0.122 e. The Hall–Kier alpha value is -1.02. The van der Waals surface area contributed by atoms with Crippen molar-refractivity contribution in [3.63, 3.8) is 0 Å². The van der Waals surface area contributed by atoms with E-state index in [2.05, 4.69) is 38.2 Å². The van der Waals surface area contributed by atoms with Crippen molar-refractivity contribution in [2.24, 2.45) is 5.92 Å². The average Bonchev–Trinajstić information content (AvgIpc) is 2.87. The Kier molecular flexibility index (Phi) is 5.26.